The highest BCUT2D eigenvalue weighted by molar-refractivity contribution is 7.89. The number of nitrogens with zero attached hydrogens (tertiary/aromatic N) is 1. The molecule has 0 aliphatic rings. The standard InChI is InChI=1S/C22H22N2O3S/c1-17-8-6-7-11-21(17)23-22(25)19-14-12-18(13-15-19)16-24(2)28(26,27)20-9-4-3-5-10-20/h3-15H,16H2,1-2H3,(H,23,25). The molecule has 6 heteroatoms. The number of amides is 1. The van der Waals surface area contributed by atoms with Crippen LogP contribution in [0.25, 0.3) is 0 Å². The van der Waals surface area contributed by atoms with Gasteiger partial charge in [-0.25, -0.2) is 8.42 Å². The molecule has 1 amide bonds. The van der Waals surface area contributed by atoms with E-state index >= 15 is 0 Å². The van der Waals surface area contributed by atoms with E-state index in [2.05, 4.69) is 5.32 Å². The van der Waals surface area contributed by atoms with Gasteiger partial charge in [0.1, 0.15) is 0 Å². The van der Waals surface area contributed by atoms with Crippen molar-refractivity contribution in [1.29, 1.82) is 0 Å². The number of benzene rings is 3. The van der Waals surface area contributed by atoms with Crippen LogP contribution in [0.1, 0.15) is 21.5 Å². The molecule has 0 aromatic heterocycles. The molecular weight excluding hydrogens is 372 g/mol. The van der Waals surface area contributed by atoms with Gasteiger partial charge in [0.2, 0.25) is 10.0 Å². The number of rotatable bonds is 6. The fourth-order valence-corrected chi connectivity index (χ4v) is 3.96. The summed E-state index contributed by atoms with van der Waals surface area (Å²) in [5, 5.41) is 2.89. The number of hydrogen-bond acceptors (Lipinski definition) is 3. The van der Waals surface area contributed by atoms with E-state index in [1.165, 1.54) is 4.31 Å². The number of nitrogens with one attached hydrogen (secondary N) is 1. The molecule has 0 saturated carbocycles. The van der Waals surface area contributed by atoms with Gasteiger partial charge in [-0.15, -0.1) is 0 Å². The molecule has 5 nitrogen and oxygen atoms in total. The maximum absolute atomic E-state index is 12.6. The molecule has 1 N–H and O–H groups in total. The van der Waals surface area contributed by atoms with Crippen molar-refractivity contribution in [2.75, 3.05) is 12.4 Å². The number of anilines is 1. The Kier molecular flexibility index (Phi) is 5.92. The minimum Gasteiger partial charge on any atom is -0.322 e. The molecule has 0 fully saturated rings. The van der Waals surface area contributed by atoms with Crippen LogP contribution in [0.5, 0.6) is 0 Å². The third-order valence-electron chi connectivity index (χ3n) is 4.47. The van der Waals surface area contributed by atoms with Crippen LogP contribution in [0.15, 0.2) is 83.8 Å². The van der Waals surface area contributed by atoms with E-state index in [0.29, 0.717) is 5.56 Å². The predicted octanol–water partition coefficient (Wildman–Crippen LogP) is 4.07. The van der Waals surface area contributed by atoms with Crippen molar-refractivity contribution in [2.45, 2.75) is 18.4 Å². The third-order valence-corrected chi connectivity index (χ3v) is 6.28. The largest absolute Gasteiger partial charge is 0.322 e. The maximum atomic E-state index is 12.6. The van der Waals surface area contributed by atoms with Crippen molar-refractivity contribution in [2.24, 2.45) is 0 Å². The van der Waals surface area contributed by atoms with Crippen LogP contribution in [0.2, 0.25) is 0 Å². The summed E-state index contributed by atoms with van der Waals surface area (Å²) in [4.78, 5) is 12.7. The van der Waals surface area contributed by atoms with Crippen LogP contribution in [-0.2, 0) is 16.6 Å². The van der Waals surface area contributed by atoms with E-state index < -0.39 is 10.0 Å². The second-order valence-electron chi connectivity index (χ2n) is 6.54. The van der Waals surface area contributed by atoms with Crippen molar-refractivity contribution < 1.29 is 13.2 Å². The second-order valence-corrected chi connectivity index (χ2v) is 8.58. The van der Waals surface area contributed by atoms with Crippen LogP contribution in [0, 0.1) is 6.92 Å². The number of para-hydroxylation sites is 1. The number of aryl methyl sites for hydroxylation is 1. The average molecular weight is 394 g/mol. The monoisotopic (exact) mass is 394 g/mol. The van der Waals surface area contributed by atoms with Crippen molar-refractivity contribution in [1.82, 2.24) is 4.31 Å². The van der Waals surface area contributed by atoms with Gasteiger partial charge in [-0.1, -0.05) is 48.5 Å². The van der Waals surface area contributed by atoms with Gasteiger partial charge in [0.25, 0.3) is 5.91 Å². The highest BCUT2D eigenvalue weighted by Crippen LogP contribution is 2.18. The van der Waals surface area contributed by atoms with Crippen molar-refractivity contribution >= 4 is 21.6 Å². The van der Waals surface area contributed by atoms with Crippen LogP contribution >= 0.6 is 0 Å². The summed E-state index contributed by atoms with van der Waals surface area (Å²) >= 11 is 0. The first-order chi connectivity index (χ1) is 13.4. The Hall–Kier alpha value is -2.96. The molecule has 3 aromatic carbocycles. The molecule has 0 aliphatic heterocycles. The molecule has 0 heterocycles. The molecule has 0 saturated heterocycles. The zero-order valence-electron chi connectivity index (χ0n) is 15.8. The maximum Gasteiger partial charge on any atom is 0.255 e. The average Bonchev–Trinajstić information content (AvgIpc) is 2.71. The highest BCUT2D eigenvalue weighted by atomic mass is 32.2. The third kappa shape index (κ3) is 4.47. The fraction of sp³-hybridized carbons (Fsp3) is 0.136. The normalized spacial score (nSPS) is 11.4. The Morgan fingerprint density at radius 2 is 1.50 bits per heavy atom. The van der Waals surface area contributed by atoms with Gasteiger partial charge in [-0.2, -0.15) is 4.31 Å². The molecule has 0 spiro atoms. The van der Waals surface area contributed by atoms with Gasteiger partial charge in [0.05, 0.1) is 4.90 Å². The molecule has 0 unspecified atom stereocenters. The van der Waals surface area contributed by atoms with Gasteiger partial charge in [-0.3, -0.25) is 4.79 Å². The minimum absolute atomic E-state index is 0.203. The quantitative estimate of drug-likeness (QED) is 0.685. The smallest absolute Gasteiger partial charge is 0.255 e. The zero-order chi connectivity index (χ0) is 20.1. The van der Waals surface area contributed by atoms with Gasteiger partial charge < -0.3 is 5.32 Å². The molecule has 3 aromatic rings. The second kappa shape index (κ2) is 8.37. The molecule has 3 rings (SSSR count). The molecule has 0 radical (unpaired) electrons. The topological polar surface area (TPSA) is 66.5 Å². The van der Waals surface area contributed by atoms with Crippen LogP contribution in [0.4, 0.5) is 5.69 Å². The molecule has 144 valence electrons. The first-order valence-electron chi connectivity index (χ1n) is 8.85. The molecule has 28 heavy (non-hydrogen) atoms. The van der Waals surface area contributed by atoms with Gasteiger partial charge in [0, 0.05) is 24.8 Å². The zero-order valence-corrected chi connectivity index (χ0v) is 16.6. The molecule has 0 bridgehead atoms. The summed E-state index contributed by atoms with van der Waals surface area (Å²) in [6.07, 6.45) is 0. The summed E-state index contributed by atoms with van der Waals surface area (Å²) < 4.78 is 26.5. The first kappa shape index (κ1) is 19.8. The summed E-state index contributed by atoms with van der Waals surface area (Å²) in [5.41, 5.74) is 3.07. The lowest BCUT2D eigenvalue weighted by atomic mass is 10.1. The highest BCUT2D eigenvalue weighted by Gasteiger charge is 2.20. The Balaban J connectivity index is 1.69. The number of carbonyl (C=O) groups excluding carboxylic acids is 1. The van der Waals surface area contributed by atoms with Gasteiger partial charge >= 0.3 is 0 Å². The predicted molar refractivity (Wildman–Crippen MR) is 111 cm³/mol. The number of carbonyl (C=O) groups is 1. The van der Waals surface area contributed by atoms with E-state index in [-0.39, 0.29) is 17.3 Å². The fourth-order valence-electron chi connectivity index (χ4n) is 2.78. The van der Waals surface area contributed by atoms with E-state index in [1.807, 2.05) is 31.2 Å². The van der Waals surface area contributed by atoms with Crippen molar-refractivity contribution in [3.05, 3.63) is 95.6 Å². The summed E-state index contributed by atoms with van der Waals surface area (Å²) in [5.74, 6) is -0.203. The Labute approximate surface area is 165 Å². The summed E-state index contributed by atoms with van der Waals surface area (Å²) in [6, 6.07) is 22.8. The first-order valence-corrected chi connectivity index (χ1v) is 10.3. The van der Waals surface area contributed by atoms with Crippen LogP contribution in [0.3, 0.4) is 0 Å². The van der Waals surface area contributed by atoms with Crippen LogP contribution < -0.4 is 5.32 Å². The van der Waals surface area contributed by atoms with E-state index in [4.69, 9.17) is 0 Å². The lowest BCUT2D eigenvalue weighted by molar-refractivity contribution is 0.102. The molecule has 0 aliphatic carbocycles. The van der Waals surface area contributed by atoms with Crippen molar-refractivity contribution in [3.63, 3.8) is 0 Å². The Morgan fingerprint density at radius 1 is 0.893 bits per heavy atom. The van der Waals surface area contributed by atoms with Crippen molar-refractivity contribution in [3.8, 4) is 0 Å². The minimum atomic E-state index is -3.56. The lowest BCUT2D eigenvalue weighted by Gasteiger charge is -2.17. The summed E-state index contributed by atoms with van der Waals surface area (Å²) in [7, 11) is -2.01. The van der Waals surface area contributed by atoms with Gasteiger partial charge in [0.15, 0.2) is 0 Å². The summed E-state index contributed by atoms with van der Waals surface area (Å²) in [6.45, 7) is 2.15. The van der Waals surface area contributed by atoms with E-state index in [1.54, 1.807) is 61.6 Å². The lowest BCUT2D eigenvalue weighted by Crippen LogP contribution is -2.26. The Bertz CT molecular complexity index is 1060. The van der Waals surface area contributed by atoms with E-state index in [0.717, 1.165) is 16.8 Å². The van der Waals surface area contributed by atoms with Gasteiger partial charge in [-0.05, 0) is 48.4 Å². The molecule has 0 atom stereocenters. The number of hydrogen-bond donors (Lipinski definition) is 1. The Morgan fingerprint density at radius 3 is 2.14 bits per heavy atom. The molecular formula is C22H22N2O3S. The SMILES string of the molecule is Cc1ccccc1NC(=O)c1ccc(CN(C)S(=O)(=O)c2ccccc2)cc1. The number of sulfonamides is 1. The van der Waals surface area contributed by atoms with Crippen LogP contribution in [-0.4, -0.2) is 25.7 Å². The van der Waals surface area contributed by atoms with E-state index in [9.17, 15) is 13.2 Å².